The zero-order valence-electron chi connectivity index (χ0n) is 12.5. The standard InChI is InChI=1S/C16H17N3O4/c20-12(17-16(15(21)22)9-4-10-16)7-8-13-18-19-14(23-13)11-5-2-1-3-6-11/h1-3,5-6H,4,7-10H2,(H,17,20)(H,21,22). The predicted molar refractivity (Wildman–Crippen MR) is 80.4 cm³/mol. The summed E-state index contributed by atoms with van der Waals surface area (Å²) in [6.07, 6.45) is 2.17. The maximum atomic E-state index is 11.9. The van der Waals surface area contributed by atoms with E-state index >= 15 is 0 Å². The van der Waals surface area contributed by atoms with Gasteiger partial charge in [0.2, 0.25) is 17.7 Å². The second-order valence-electron chi connectivity index (χ2n) is 5.66. The number of carbonyl (C=O) groups excluding carboxylic acids is 1. The van der Waals surface area contributed by atoms with Crippen LogP contribution < -0.4 is 5.32 Å². The number of amides is 1. The molecule has 1 amide bonds. The third-order valence-electron chi connectivity index (χ3n) is 4.05. The Labute approximate surface area is 132 Å². The molecular weight excluding hydrogens is 298 g/mol. The fraction of sp³-hybridized carbons (Fsp3) is 0.375. The van der Waals surface area contributed by atoms with Gasteiger partial charge >= 0.3 is 5.97 Å². The van der Waals surface area contributed by atoms with Crippen LogP contribution in [0.2, 0.25) is 0 Å². The molecule has 1 fully saturated rings. The van der Waals surface area contributed by atoms with E-state index in [4.69, 9.17) is 4.42 Å². The Balaban J connectivity index is 1.56. The van der Waals surface area contributed by atoms with Crippen molar-refractivity contribution in [1.82, 2.24) is 15.5 Å². The van der Waals surface area contributed by atoms with E-state index in [9.17, 15) is 14.7 Å². The molecule has 2 aromatic rings. The highest BCUT2D eigenvalue weighted by Gasteiger charge is 2.45. The number of hydrogen-bond donors (Lipinski definition) is 2. The smallest absolute Gasteiger partial charge is 0.329 e. The number of carbonyl (C=O) groups is 2. The van der Waals surface area contributed by atoms with E-state index in [0.29, 0.717) is 24.6 Å². The van der Waals surface area contributed by atoms with E-state index in [-0.39, 0.29) is 18.7 Å². The highest BCUT2D eigenvalue weighted by atomic mass is 16.4. The SMILES string of the molecule is O=C(CCc1nnc(-c2ccccc2)o1)NC1(C(=O)O)CCC1. The number of rotatable bonds is 6. The minimum atomic E-state index is -1.08. The molecule has 0 aliphatic heterocycles. The average Bonchev–Trinajstić information content (AvgIpc) is 2.98. The quantitative estimate of drug-likeness (QED) is 0.842. The summed E-state index contributed by atoms with van der Waals surface area (Å²) >= 11 is 0. The van der Waals surface area contributed by atoms with Crippen molar-refractivity contribution < 1.29 is 19.1 Å². The Morgan fingerprint density at radius 1 is 1.22 bits per heavy atom. The Kier molecular flexibility index (Phi) is 4.10. The van der Waals surface area contributed by atoms with Crippen molar-refractivity contribution in [3.8, 4) is 11.5 Å². The number of aryl methyl sites for hydroxylation is 1. The van der Waals surface area contributed by atoms with Gasteiger partial charge in [0.15, 0.2) is 0 Å². The summed E-state index contributed by atoms with van der Waals surface area (Å²) < 4.78 is 5.52. The number of carboxylic acid groups (broad SMARTS) is 1. The lowest BCUT2D eigenvalue weighted by Gasteiger charge is -2.38. The summed E-state index contributed by atoms with van der Waals surface area (Å²) in [6.45, 7) is 0. The molecule has 120 valence electrons. The summed E-state index contributed by atoms with van der Waals surface area (Å²) in [5.41, 5.74) is -0.267. The molecule has 0 radical (unpaired) electrons. The molecule has 1 saturated carbocycles. The second-order valence-corrected chi connectivity index (χ2v) is 5.66. The molecule has 1 aliphatic carbocycles. The minimum absolute atomic E-state index is 0.117. The molecule has 0 bridgehead atoms. The fourth-order valence-electron chi connectivity index (χ4n) is 2.52. The highest BCUT2D eigenvalue weighted by molar-refractivity contribution is 5.87. The van der Waals surface area contributed by atoms with Gasteiger partial charge in [-0.3, -0.25) is 4.79 Å². The maximum Gasteiger partial charge on any atom is 0.329 e. The van der Waals surface area contributed by atoms with Gasteiger partial charge < -0.3 is 14.8 Å². The van der Waals surface area contributed by atoms with Crippen LogP contribution in [0.25, 0.3) is 11.5 Å². The van der Waals surface area contributed by atoms with Crippen molar-refractivity contribution in [2.24, 2.45) is 0 Å². The van der Waals surface area contributed by atoms with E-state index < -0.39 is 11.5 Å². The zero-order valence-corrected chi connectivity index (χ0v) is 12.5. The van der Waals surface area contributed by atoms with E-state index in [0.717, 1.165) is 12.0 Å². The van der Waals surface area contributed by atoms with E-state index in [2.05, 4.69) is 15.5 Å². The normalized spacial score (nSPS) is 15.7. The molecule has 3 rings (SSSR count). The first-order valence-corrected chi connectivity index (χ1v) is 7.51. The molecule has 23 heavy (non-hydrogen) atoms. The summed E-state index contributed by atoms with van der Waals surface area (Å²) in [7, 11) is 0. The molecule has 0 atom stereocenters. The van der Waals surface area contributed by atoms with Crippen LogP contribution in [0.4, 0.5) is 0 Å². The van der Waals surface area contributed by atoms with Crippen LogP contribution in [0.5, 0.6) is 0 Å². The fourth-order valence-corrected chi connectivity index (χ4v) is 2.52. The molecule has 1 aromatic heterocycles. The number of carboxylic acids is 1. The van der Waals surface area contributed by atoms with Crippen molar-refractivity contribution >= 4 is 11.9 Å². The number of nitrogens with zero attached hydrogens (tertiary/aromatic N) is 2. The summed E-state index contributed by atoms with van der Waals surface area (Å²) in [6, 6.07) is 9.35. The van der Waals surface area contributed by atoms with Crippen LogP contribution in [0.15, 0.2) is 34.7 Å². The van der Waals surface area contributed by atoms with Crippen LogP contribution in [0.3, 0.4) is 0 Å². The summed E-state index contributed by atoms with van der Waals surface area (Å²) in [5.74, 6) is -0.521. The molecule has 1 aromatic carbocycles. The molecule has 1 heterocycles. The maximum absolute atomic E-state index is 11.9. The third-order valence-corrected chi connectivity index (χ3v) is 4.05. The molecule has 0 saturated heterocycles. The first-order valence-electron chi connectivity index (χ1n) is 7.51. The van der Waals surface area contributed by atoms with Crippen LogP contribution in [0, 0.1) is 0 Å². The summed E-state index contributed by atoms with van der Waals surface area (Å²) in [5, 5.41) is 19.7. The van der Waals surface area contributed by atoms with E-state index in [1.807, 2.05) is 30.3 Å². The number of aliphatic carboxylic acids is 1. The van der Waals surface area contributed by atoms with Crippen LogP contribution in [-0.4, -0.2) is 32.7 Å². The Morgan fingerprint density at radius 2 is 1.96 bits per heavy atom. The first kappa shape index (κ1) is 15.2. The van der Waals surface area contributed by atoms with Gasteiger partial charge in [0.1, 0.15) is 5.54 Å². The van der Waals surface area contributed by atoms with E-state index in [1.54, 1.807) is 0 Å². The van der Waals surface area contributed by atoms with Gasteiger partial charge in [-0.15, -0.1) is 10.2 Å². The lowest BCUT2D eigenvalue weighted by atomic mass is 9.76. The monoisotopic (exact) mass is 315 g/mol. The lowest BCUT2D eigenvalue weighted by molar-refractivity contribution is -0.151. The largest absolute Gasteiger partial charge is 0.480 e. The van der Waals surface area contributed by atoms with Crippen molar-refractivity contribution in [2.75, 3.05) is 0 Å². The molecule has 0 unspecified atom stereocenters. The Morgan fingerprint density at radius 3 is 2.57 bits per heavy atom. The lowest BCUT2D eigenvalue weighted by Crippen LogP contribution is -2.59. The molecule has 7 heteroatoms. The zero-order chi connectivity index (χ0) is 16.3. The van der Waals surface area contributed by atoms with Gasteiger partial charge in [-0.05, 0) is 31.4 Å². The Bertz CT molecular complexity index is 707. The highest BCUT2D eigenvalue weighted by Crippen LogP contribution is 2.32. The summed E-state index contributed by atoms with van der Waals surface area (Å²) in [4.78, 5) is 23.2. The van der Waals surface area contributed by atoms with Crippen molar-refractivity contribution in [2.45, 2.75) is 37.6 Å². The topological polar surface area (TPSA) is 105 Å². The van der Waals surface area contributed by atoms with Gasteiger partial charge in [0.05, 0.1) is 0 Å². The molecule has 0 spiro atoms. The average molecular weight is 315 g/mol. The van der Waals surface area contributed by atoms with Gasteiger partial charge in [-0.1, -0.05) is 18.2 Å². The molecule has 2 N–H and O–H groups in total. The van der Waals surface area contributed by atoms with Crippen molar-refractivity contribution in [3.05, 3.63) is 36.2 Å². The van der Waals surface area contributed by atoms with Crippen molar-refractivity contribution in [3.63, 3.8) is 0 Å². The van der Waals surface area contributed by atoms with Gasteiger partial charge in [-0.2, -0.15) is 0 Å². The van der Waals surface area contributed by atoms with Crippen LogP contribution in [-0.2, 0) is 16.0 Å². The number of nitrogens with one attached hydrogen (secondary N) is 1. The number of aromatic nitrogens is 2. The predicted octanol–water partition coefficient (Wildman–Crippen LogP) is 1.79. The molecular formula is C16H17N3O4. The second kappa shape index (κ2) is 6.20. The first-order chi connectivity index (χ1) is 11.1. The Hall–Kier alpha value is -2.70. The van der Waals surface area contributed by atoms with E-state index in [1.165, 1.54) is 0 Å². The van der Waals surface area contributed by atoms with Crippen molar-refractivity contribution in [1.29, 1.82) is 0 Å². The number of hydrogen-bond acceptors (Lipinski definition) is 5. The van der Waals surface area contributed by atoms with Gasteiger partial charge in [-0.25, -0.2) is 4.79 Å². The number of benzene rings is 1. The van der Waals surface area contributed by atoms with Gasteiger partial charge in [0, 0.05) is 18.4 Å². The van der Waals surface area contributed by atoms with Crippen LogP contribution in [0.1, 0.15) is 31.6 Å². The molecule has 1 aliphatic rings. The minimum Gasteiger partial charge on any atom is -0.480 e. The van der Waals surface area contributed by atoms with Gasteiger partial charge in [0.25, 0.3) is 0 Å². The van der Waals surface area contributed by atoms with Crippen LogP contribution >= 0.6 is 0 Å². The third kappa shape index (κ3) is 3.23. The molecule has 7 nitrogen and oxygen atoms in total.